The molecule has 7 nitrogen and oxygen atoms in total. The van der Waals surface area contributed by atoms with Gasteiger partial charge < -0.3 is 20.3 Å². The van der Waals surface area contributed by atoms with Gasteiger partial charge in [-0.25, -0.2) is 0 Å². The van der Waals surface area contributed by atoms with E-state index in [2.05, 4.69) is 32.6 Å². The summed E-state index contributed by atoms with van der Waals surface area (Å²) in [5.74, 6) is -0.463. The summed E-state index contributed by atoms with van der Waals surface area (Å²) in [5, 5.41) is 5.80. The zero-order valence-electron chi connectivity index (χ0n) is 18.0. The lowest BCUT2D eigenvalue weighted by Crippen LogP contribution is -2.47. The van der Waals surface area contributed by atoms with Crippen LogP contribution < -0.4 is 20.3 Å². The zero-order valence-corrected chi connectivity index (χ0v) is 18.7. The molecule has 1 fully saturated rings. The van der Waals surface area contributed by atoms with Crippen molar-refractivity contribution in [3.63, 3.8) is 0 Å². The number of benzene rings is 2. The van der Waals surface area contributed by atoms with Gasteiger partial charge in [0.25, 0.3) is 0 Å². The number of piperazine rings is 1. The van der Waals surface area contributed by atoms with Gasteiger partial charge >= 0.3 is 11.8 Å². The smallest absolute Gasteiger partial charge is 0.313 e. The molecule has 31 heavy (non-hydrogen) atoms. The number of anilines is 2. The summed E-state index contributed by atoms with van der Waals surface area (Å²) in [6.07, 6.45) is 0.790. The largest absolute Gasteiger partial charge is 0.497 e. The maximum Gasteiger partial charge on any atom is 0.313 e. The van der Waals surface area contributed by atoms with E-state index in [1.54, 1.807) is 25.3 Å². The number of ether oxygens (including phenoxy) is 1. The number of hydrogen-bond donors (Lipinski definition) is 2. The Kier molecular flexibility index (Phi) is 8.14. The number of nitrogens with one attached hydrogen (secondary N) is 2. The minimum Gasteiger partial charge on any atom is -0.497 e. The van der Waals surface area contributed by atoms with Gasteiger partial charge in [0.1, 0.15) is 5.75 Å². The lowest BCUT2D eigenvalue weighted by atomic mass is 10.2. The fourth-order valence-corrected chi connectivity index (χ4v) is 3.65. The van der Waals surface area contributed by atoms with Gasteiger partial charge in [-0.05, 0) is 61.9 Å². The van der Waals surface area contributed by atoms with Crippen LogP contribution in [0.25, 0.3) is 0 Å². The molecular formula is C23H29ClN4O3. The molecule has 1 aliphatic rings. The minimum atomic E-state index is -0.687. The summed E-state index contributed by atoms with van der Waals surface area (Å²) < 4.78 is 5.21. The predicted molar refractivity (Wildman–Crippen MR) is 124 cm³/mol. The molecule has 0 spiro atoms. The highest BCUT2D eigenvalue weighted by Gasteiger charge is 2.18. The van der Waals surface area contributed by atoms with E-state index < -0.39 is 11.8 Å². The molecule has 0 radical (unpaired) electrons. The summed E-state index contributed by atoms with van der Waals surface area (Å²) >= 11 is 6.04. The average Bonchev–Trinajstić information content (AvgIpc) is 2.79. The van der Waals surface area contributed by atoms with Gasteiger partial charge in [0.05, 0.1) is 7.11 Å². The molecular weight excluding hydrogens is 416 g/mol. The van der Waals surface area contributed by atoms with Crippen molar-refractivity contribution in [2.24, 2.45) is 0 Å². The molecule has 166 valence electrons. The molecule has 0 aromatic heterocycles. The quantitative estimate of drug-likeness (QED) is 0.507. The number of carbonyl (C=O) groups is 2. The fourth-order valence-electron chi connectivity index (χ4n) is 3.47. The van der Waals surface area contributed by atoms with Crippen LogP contribution in [0.2, 0.25) is 5.02 Å². The number of rotatable bonds is 7. The van der Waals surface area contributed by atoms with Crippen molar-refractivity contribution >= 4 is 34.8 Å². The maximum absolute atomic E-state index is 12.0. The van der Waals surface area contributed by atoms with Crippen molar-refractivity contribution in [2.75, 3.05) is 56.6 Å². The number of nitrogens with zero attached hydrogens (tertiary/aromatic N) is 2. The third kappa shape index (κ3) is 6.60. The molecule has 2 aromatic carbocycles. The van der Waals surface area contributed by atoms with E-state index in [-0.39, 0.29) is 0 Å². The van der Waals surface area contributed by atoms with Crippen LogP contribution in [0.4, 0.5) is 11.4 Å². The Balaban J connectivity index is 1.33. The highest BCUT2D eigenvalue weighted by atomic mass is 35.5. The van der Waals surface area contributed by atoms with Crippen molar-refractivity contribution in [2.45, 2.75) is 13.3 Å². The van der Waals surface area contributed by atoms with Crippen molar-refractivity contribution < 1.29 is 14.3 Å². The molecule has 8 heteroatoms. The van der Waals surface area contributed by atoms with Gasteiger partial charge in [-0.3, -0.25) is 14.5 Å². The Morgan fingerprint density at radius 2 is 1.74 bits per heavy atom. The second kappa shape index (κ2) is 11.0. The van der Waals surface area contributed by atoms with Gasteiger partial charge in [0, 0.05) is 49.1 Å². The van der Waals surface area contributed by atoms with E-state index in [4.69, 9.17) is 16.3 Å². The topological polar surface area (TPSA) is 73.9 Å². The highest BCUT2D eigenvalue weighted by Crippen LogP contribution is 2.21. The Hall–Kier alpha value is -2.77. The summed E-state index contributed by atoms with van der Waals surface area (Å²) in [6, 6.07) is 13.3. The van der Waals surface area contributed by atoms with Crippen LogP contribution in [0.3, 0.4) is 0 Å². The van der Waals surface area contributed by atoms with Gasteiger partial charge in [-0.2, -0.15) is 0 Å². The first-order valence-electron chi connectivity index (χ1n) is 10.4. The summed E-state index contributed by atoms with van der Waals surface area (Å²) in [5.41, 5.74) is 2.62. The first-order valence-corrected chi connectivity index (χ1v) is 10.8. The summed E-state index contributed by atoms with van der Waals surface area (Å²) in [6.45, 7) is 7.06. The second-order valence-electron chi connectivity index (χ2n) is 7.55. The third-order valence-corrected chi connectivity index (χ3v) is 5.79. The normalized spacial score (nSPS) is 14.2. The first-order chi connectivity index (χ1) is 15.0. The van der Waals surface area contributed by atoms with Gasteiger partial charge in [-0.15, -0.1) is 0 Å². The van der Waals surface area contributed by atoms with Crippen LogP contribution in [0.1, 0.15) is 12.0 Å². The molecule has 0 atom stereocenters. The summed E-state index contributed by atoms with van der Waals surface area (Å²) in [4.78, 5) is 28.8. The van der Waals surface area contributed by atoms with Crippen LogP contribution in [0, 0.1) is 6.92 Å². The molecule has 0 aliphatic carbocycles. The second-order valence-corrected chi connectivity index (χ2v) is 7.96. The maximum atomic E-state index is 12.0. The standard InChI is InChI=1S/C23H29ClN4O3/c1-17-4-5-18(16-21(17)24)26-23(30)22(29)25-10-3-11-27-12-14-28(15-13-27)19-6-8-20(31-2)9-7-19/h4-9,16H,3,10-15H2,1-2H3,(H,25,29)(H,26,30). The van der Waals surface area contributed by atoms with E-state index in [9.17, 15) is 9.59 Å². The number of methoxy groups -OCH3 is 1. The lowest BCUT2D eigenvalue weighted by Gasteiger charge is -2.36. The Bertz CT molecular complexity index is 896. The highest BCUT2D eigenvalue weighted by molar-refractivity contribution is 6.39. The van der Waals surface area contributed by atoms with Crippen LogP contribution in [0.15, 0.2) is 42.5 Å². The van der Waals surface area contributed by atoms with Crippen molar-refractivity contribution in [1.82, 2.24) is 10.2 Å². The third-order valence-electron chi connectivity index (χ3n) is 5.38. The van der Waals surface area contributed by atoms with E-state index in [1.165, 1.54) is 5.69 Å². The van der Waals surface area contributed by atoms with Gasteiger partial charge in [0.15, 0.2) is 0 Å². The monoisotopic (exact) mass is 444 g/mol. The number of hydrogen-bond acceptors (Lipinski definition) is 5. The molecule has 1 aliphatic heterocycles. The minimum absolute atomic E-state index is 0.458. The van der Waals surface area contributed by atoms with E-state index in [0.717, 1.165) is 50.5 Å². The van der Waals surface area contributed by atoms with E-state index in [1.807, 2.05) is 19.1 Å². The molecule has 1 heterocycles. The molecule has 0 saturated carbocycles. The van der Waals surface area contributed by atoms with E-state index in [0.29, 0.717) is 17.3 Å². The van der Waals surface area contributed by atoms with Gasteiger partial charge in [0.2, 0.25) is 0 Å². The van der Waals surface area contributed by atoms with Crippen molar-refractivity contribution in [3.05, 3.63) is 53.1 Å². The summed E-state index contributed by atoms with van der Waals surface area (Å²) in [7, 11) is 1.67. The lowest BCUT2D eigenvalue weighted by molar-refractivity contribution is -0.136. The number of halogens is 1. The number of aryl methyl sites for hydroxylation is 1. The molecule has 2 aromatic rings. The molecule has 0 unspecified atom stereocenters. The average molecular weight is 445 g/mol. The molecule has 2 N–H and O–H groups in total. The molecule has 1 saturated heterocycles. The molecule has 2 amide bonds. The fraction of sp³-hybridized carbons (Fsp3) is 0.391. The molecule has 0 bridgehead atoms. The zero-order chi connectivity index (χ0) is 22.2. The van der Waals surface area contributed by atoms with Crippen LogP contribution in [-0.4, -0.2) is 63.1 Å². The SMILES string of the molecule is COc1ccc(N2CCN(CCCNC(=O)C(=O)Nc3ccc(C)c(Cl)c3)CC2)cc1. The number of amides is 2. The first kappa shape index (κ1) is 22.9. The van der Waals surface area contributed by atoms with Crippen LogP contribution in [-0.2, 0) is 9.59 Å². The van der Waals surface area contributed by atoms with Gasteiger partial charge in [-0.1, -0.05) is 17.7 Å². The van der Waals surface area contributed by atoms with Crippen LogP contribution in [0.5, 0.6) is 5.75 Å². The Labute approximate surface area is 188 Å². The van der Waals surface area contributed by atoms with Crippen LogP contribution >= 0.6 is 11.6 Å². The predicted octanol–water partition coefficient (Wildman–Crippen LogP) is 2.92. The van der Waals surface area contributed by atoms with Crippen molar-refractivity contribution in [3.8, 4) is 5.75 Å². The number of carbonyl (C=O) groups excluding carboxylic acids is 2. The molecule has 3 rings (SSSR count). The van der Waals surface area contributed by atoms with E-state index >= 15 is 0 Å². The Morgan fingerprint density at radius 3 is 2.39 bits per heavy atom. The van der Waals surface area contributed by atoms with Crippen molar-refractivity contribution in [1.29, 1.82) is 0 Å². The Morgan fingerprint density at radius 1 is 1.03 bits per heavy atom.